The van der Waals surface area contributed by atoms with E-state index < -0.39 is 35.0 Å². The van der Waals surface area contributed by atoms with E-state index in [4.69, 9.17) is 11.1 Å². The summed E-state index contributed by atoms with van der Waals surface area (Å²) in [4.78, 5) is -0.0573. The summed E-state index contributed by atoms with van der Waals surface area (Å²) in [5, 5.41) is 7.16. The van der Waals surface area contributed by atoms with Crippen LogP contribution in [0.15, 0.2) is 29.2 Å². The molecule has 9 heteroatoms. The number of nitrogens with two attached hydrogens (primary N) is 1. The number of halogens is 3. The zero-order valence-corrected chi connectivity index (χ0v) is 11.1. The van der Waals surface area contributed by atoms with Crippen LogP contribution >= 0.6 is 0 Å². The molecule has 112 valence electrons. The summed E-state index contributed by atoms with van der Waals surface area (Å²) in [6, 6.07) is 5.20. The molecule has 0 unspecified atom stereocenters. The molecule has 0 spiro atoms. The third-order valence-corrected chi connectivity index (χ3v) is 3.98. The number of hydrogen-bond donors (Lipinski definition) is 2. The highest BCUT2D eigenvalue weighted by atomic mass is 32.2. The third-order valence-electron chi connectivity index (χ3n) is 2.29. The van der Waals surface area contributed by atoms with Crippen molar-refractivity contribution in [3.05, 3.63) is 29.8 Å². The Morgan fingerprint density at radius 1 is 1.25 bits per heavy atom. The number of alkyl halides is 3. The average molecular weight is 310 g/mol. The molecule has 0 aliphatic carbocycles. The molecule has 20 heavy (non-hydrogen) atoms. The van der Waals surface area contributed by atoms with Gasteiger partial charge in [-0.3, -0.25) is 5.41 Å². The number of benzene rings is 1. The second-order valence-corrected chi connectivity index (χ2v) is 6.03. The number of nitrogens with one attached hydrogen (secondary N) is 1. The standard InChI is InChI=1S/C11H13F3N2O3S/c12-11(13,14)7-19-5-6-20(17,18)9-3-1-8(2-4-9)10(15)16/h1-4H,5-7H2,(H3,15,16). The summed E-state index contributed by atoms with van der Waals surface area (Å²) in [5.74, 6) is -0.759. The van der Waals surface area contributed by atoms with Crippen molar-refractivity contribution < 1.29 is 26.3 Å². The number of amidine groups is 1. The first-order valence-electron chi connectivity index (χ1n) is 5.43. The quantitative estimate of drug-likeness (QED) is 0.471. The summed E-state index contributed by atoms with van der Waals surface area (Å²) in [6.45, 7) is -2.03. The highest BCUT2D eigenvalue weighted by Gasteiger charge is 2.27. The van der Waals surface area contributed by atoms with E-state index in [0.717, 1.165) is 0 Å². The van der Waals surface area contributed by atoms with Gasteiger partial charge in [-0.1, -0.05) is 12.1 Å². The molecule has 0 fully saturated rings. The van der Waals surface area contributed by atoms with E-state index in [9.17, 15) is 21.6 Å². The lowest BCUT2D eigenvalue weighted by molar-refractivity contribution is -0.172. The Kier molecular flexibility index (Phi) is 5.12. The van der Waals surface area contributed by atoms with Crippen molar-refractivity contribution in [1.82, 2.24) is 0 Å². The van der Waals surface area contributed by atoms with Crippen LogP contribution in [-0.4, -0.2) is 39.4 Å². The summed E-state index contributed by atoms with van der Waals surface area (Å²) < 4.78 is 63.3. The predicted molar refractivity (Wildman–Crippen MR) is 66.4 cm³/mol. The minimum absolute atomic E-state index is 0.0573. The van der Waals surface area contributed by atoms with Crippen molar-refractivity contribution >= 4 is 15.7 Å². The summed E-state index contributed by atoms with van der Waals surface area (Å²) >= 11 is 0. The number of sulfone groups is 1. The van der Waals surface area contributed by atoms with Crippen LogP contribution in [0.5, 0.6) is 0 Å². The SMILES string of the molecule is N=C(N)c1ccc(S(=O)(=O)CCOCC(F)(F)F)cc1. The monoisotopic (exact) mass is 310 g/mol. The van der Waals surface area contributed by atoms with Gasteiger partial charge in [-0.25, -0.2) is 8.42 Å². The maximum atomic E-state index is 11.8. The Morgan fingerprint density at radius 2 is 1.80 bits per heavy atom. The van der Waals surface area contributed by atoms with Crippen LogP contribution in [0.25, 0.3) is 0 Å². The molecule has 0 aliphatic heterocycles. The molecule has 0 aliphatic rings. The maximum absolute atomic E-state index is 11.8. The molecule has 0 saturated carbocycles. The van der Waals surface area contributed by atoms with Gasteiger partial charge in [0.2, 0.25) is 0 Å². The van der Waals surface area contributed by atoms with E-state index in [2.05, 4.69) is 4.74 Å². The summed E-state index contributed by atoms with van der Waals surface area (Å²) in [7, 11) is -3.72. The molecule has 0 aromatic heterocycles. The van der Waals surface area contributed by atoms with E-state index >= 15 is 0 Å². The normalized spacial score (nSPS) is 12.3. The van der Waals surface area contributed by atoms with Crippen molar-refractivity contribution in [2.45, 2.75) is 11.1 Å². The number of hydrogen-bond acceptors (Lipinski definition) is 4. The smallest absolute Gasteiger partial charge is 0.384 e. The van der Waals surface area contributed by atoms with E-state index in [-0.39, 0.29) is 10.7 Å². The highest BCUT2D eigenvalue weighted by molar-refractivity contribution is 7.91. The van der Waals surface area contributed by atoms with Crippen LogP contribution in [0.1, 0.15) is 5.56 Å². The van der Waals surface area contributed by atoms with Crippen LogP contribution < -0.4 is 5.73 Å². The lowest BCUT2D eigenvalue weighted by Gasteiger charge is -2.08. The number of nitrogen functional groups attached to an aromatic ring is 1. The van der Waals surface area contributed by atoms with Gasteiger partial charge in [0.15, 0.2) is 9.84 Å². The van der Waals surface area contributed by atoms with E-state index in [1.54, 1.807) is 0 Å². The lowest BCUT2D eigenvalue weighted by atomic mass is 10.2. The zero-order valence-electron chi connectivity index (χ0n) is 10.3. The molecular formula is C11H13F3N2O3S. The molecular weight excluding hydrogens is 297 g/mol. The van der Waals surface area contributed by atoms with Gasteiger partial charge in [-0.05, 0) is 12.1 Å². The molecule has 5 nitrogen and oxygen atoms in total. The van der Waals surface area contributed by atoms with Crippen LogP contribution in [0, 0.1) is 5.41 Å². The second-order valence-electron chi connectivity index (χ2n) is 3.92. The number of rotatable bonds is 6. The molecule has 0 saturated heterocycles. The average Bonchev–Trinajstić information content (AvgIpc) is 2.34. The molecule has 3 N–H and O–H groups in total. The zero-order chi connectivity index (χ0) is 15.4. The van der Waals surface area contributed by atoms with Crippen molar-refractivity contribution in [2.75, 3.05) is 19.0 Å². The van der Waals surface area contributed by atoms with Gasteiger partial charge in [0.25, 0.3) is 0 Å². The van der Waals surface area contributed by atoms with Crippen LogP contribution in [-0.2, 0) is 14.6 Å². The highest BCUT2D eigenvalue weighted by Crippen LogP contribution is 2.15. The Labute approximate surface area is 114 Å². The van der Waals surface area contributed by atoms with Crippen molar-refractivity contribution in [1.29, 1.82) is 5.41 Å². The molecule has 1 rings (SSSR count). The van der Waals surface area contributed by atoms with Crippen LogP contribution in [0.3, 0.4) is 0 Å². The first-order chi connectivity index (χ1) is 9.12. The Morgan fingerprint density at radius 3 is 2.25 bits per heavy atom. The van der Waals surface area contributed by atoms with Crippen molar-refractivity contribution in [2.24, 2.45) is 5.73 Å². The van der Waals surface area contributed by atoms with Gasteiger partial charge in [-0.2, -0.15) is 13.2 Å². The second kappa shape index (κ2) is 6.23. The van der Waals surface area contributed by atoms with Gasteiger partial charge in [0, 0.05) is 5.56 Å². The Balaban J connectivity index is 2.62. The van der Waals surface area contributed by atoms with Gasteiger partial charge in [0.1, 0.15) is 12.4 Å². The molecule has 0 bridgehead atoms. The van der Waals surface area contributed by atoms with E-state index in [0.29, 0.717) is 5.56 Å². The first-order valence-corrected chi connectivity index (χ1v) is 7.09. The minimum atomic E-state index is -4.48. The van der Waals surface area contributed by atoms with Crippen LogP contribution in [0.2, 0.25) is 0 Å². The minimum Gasteiger partial charge on any atom is -0.384 e. The molecule has 0 radical (unpaired) electrons. The lowest BCUT2D eigenvalue weighted by Crippen LogP contribution is -2.20. The molecule has 0 atom stereocenters. The third kappa shape index (κ3) is 5.17. The molecule has 0 amide bonds. The maximum Gasteiger partial charge on any atom is 0.411 e. The number of ether oxygens (including phenoxy) is 1. The first kappa shape index (κ1) is 16.4. The molecule has 1 aromatic carbocycles. The fourth-order valence-electron chi connectivity index (χ4n) is 1.32. The summed E-state index contributed by atoms with van der Waals surface area (Å²) in [6.07, 6.45) is -4.48. The van der Waals surface area contributed by atoms with Crippen molar-refractivity contribution in [3.63, 3.8) is 0 Å². The molecule has 0 heterocycles. The van der Waals surface area contributed by atoms with Crippen LogP contribution in [0.4, 0.5) is 13.2 Å². The Hall–Kier alpha value is -1.61. The predicted octanol–water partition coefficient (Wildman–Crippen LogP) is 1.32. The van der Waals surface area contributed by atoms with Gasteiger partial charge in [0.05, 0.1) is 17.3 Å². The van der Waals surface area contributed by atoms with E-state index in [1.807, 2.05) is 0 Å². The largest absolute Gasteiger partial charge is 0.411 e. The topological polar surface area (TPSA) is 93.2 Å². The fourth-order valence-corrected chi connectivity index (χ4v) is 2.44. The van der Waals surface area contributed by atoms with E-state index in [1.165, 1.54) is 24.3 Å². The Bertz CT molecular complexity index is 568. The van der Waals surface area contributed by atoms with Gasteiger partial charge < -0.3 is 10.5 Å². The van der Waals surface area contributed by atoms with Gasteiger partial charge >= 0.3 is 6.18 Å². The van der Waals surface area contributed by atoms with Gasteiger partial charge in [-0.15, -0.1) is 0 Å². The summed E-state index contributed by atoms with van der Waals surface area (Å²) in [5.41, 5.74) is 5.58. The molecule has 1 aromatic rings. The van der Waals surface area contributed by atoms with Crippen molar-refractivity contribution in [3.8, 4) is 0 Å². The fraction of sp³-hybridized carbons (Fsp3) is 0.364.